The Bertz CT molecular complexity index is 839. The van der Waals surface area contributed by atoms with Crippen LogP contribution >= 0.6 is 0 Å². The van der Waals surface area contributed by atoms with E-state index < -0.39 is 0 Å². The van der Waals surface area contributed by atoms with Crippen LogP contribution in [0.5, 0.6) is 0 Å². The fourth-order valence-corrected chi connectivity index (χ4v) is 5.02. The Morgan fingerprint density at radius 3 is 2.62 bits per heavy atom. The van der Waals surface area contributed by atoms with Gasteiger partial charge >= 0.3 is 0 Å². The van der Waals surface area contributed by atoms with Gasteiger partial charge < -0.3 is 9.42 Å². The molecule has 4 rings (SSSR count). The van der Waals surface area contributed by atoms with Gasteiger partial charge in [0, 0.05) is 26.1 Å². The molecule has 1 saturated carbocycles. The number of hydrogen-bond donors (Lipinski definition) is 0. The summed E-state index contributed by atoms with van der Waals surface area (Å²) in [5, 5.41) is 4.42. The van der Waals surface area contributed by atoms with Gasteiger partial charge in [-0.05, 0) is 45.2 Å². The fourth-order valence-electron chi connectivity index (χ4n) is 5.02. The van der Waals surface area contributed by atoms with Gasteiger partial charge in [-0.15, -0.1) is 0 Å². The summed E-state index contributed by atoms with van der Waals surface area (Å²) in [7, 11) is 2.06. The number of aryl methyl sites for hydroxylation is 1. The minimum Gasteiger partial charge on any atom is -0.343 e. The van der Waals surface area contributed by atoms with Crippen molar-refractivity contribution >= 4 is 5.91 Å². The second-order valence-electron chi connectivity index (χ2n) is 8.87. The molecule has 2 heterocycles. The molecule has 1 aliphatic heterocycles. The van der Waals surface area contributed by atoms with Crippen LogP contribution in [0.3, 0.4) is 0 Å². The minimum atomic E-state index is -0.118. The van der Waals surface area contributed by atoms with E-state index in [0.717, 1.165) is 38.3 Å². The van der Waals surface area contributed by atoms with Crippen molar-refractivity contribution in [2.24, 2.45) is 5.92 Å². The van der Waals surface area contributed by atoms with Crippen LogP contribution in [-0.4, -0.2) is 52.5 Å². The Balaban J connectivity index is 1.44. The van der Waals surface area contributed by atoms with E-state index in [1.54, 1.807) is 0 Å². The normalized spacial score (nSPS) is 21.4. The number of nitrogens with zero attached hydrogens (tertiary/aromatic N) is 4. The average Bonchev–Trinajstić information content (AvgIpc) is 3.42. The molecule has 1 atom stereocenters. The second kappa shape index (κ2) is 8.27. The molecule has 0 bridgehead atoms. The molecule has 1 aliphatic carbocycles. The molecular formula is C23H32N4O2. The highest BCUT2D eigenvalue weighted by Crippen LogP contribution is 2.45. The predicted molar refractivity (Wildman–Crippen MR) is 111 cm³/mol. The van der Waals surface area contributed by atoms with Gasteiger partial charge in [0.05, 0.1) is 12.0 Å². The standard InChI is InChI=1S/C23H32N4O2/c1-4-27-15-18(13-21(27)28)14-26(3)16-20-24-22(25-29-20)23(11-5-6-12-23)19-9-7-17(2)8-10-19/h7-10,18H,4-6,11-16H2,1-3H3/t18-/m1/s1. The van der Waals surface area contributed by atoms with Crippen LogP contribution in [0.25, 0.3) is 0 Å². The first kappa shape index (κ1) is 20.1. The maximum absolute atomic E-state index is 12.0. The SMILES string of the molecule is CCN1C[C@@H](CN(C)Cc2nc(C3(c4ccc(C)cc4)CCCC3)no2)CC1=O. The van der Waals surface area contributed by atoms with Gasteiger partial charge in [-0.2, -0.15) is 4.98 Å². The quantitative estimate of drug-likeness (QED) is 0.716. The summed E-state index contributed by atoms with van der Waals surface area (Å²) >= 11 is 0. The number of aromatic nitrogens is 2. The van der Waals surface area contributed by atoms with E-state index in [1.165, 1.54) is 24.0 Å². The molecule has 0 radical (unpaired) electrons. The van der Waals surface area contributed by atoms with Crippen LogP contribution in [0.2, 0.25) is 0 Å². The molecule has 2 fully saturated rings. The first-order valence-corrected chi connectivity index (χ1v) is 10.9. The lowest BCUT2D eigenvalue weighted by atomic mass is 9.78. The zero-order valence-corrected chi connectivity index (χ0v) is 17.9. The second-order valence-corrected chi connectivity index (χ2v) is 8.87. The smallest absolute Gasteiger partial charge is 0.240 e. The van der Waals surface area contributed by atoms with Gasteiger partial charge in [0.25, 0.3) is 0 Å². The van der Waals surface area contributed by atoms with Crippen LogP contribution in [-0.2, 0) is 16.8 Å². The Morgan fingerprint density at radius 2 is 1.97 bits per heavy atom. The van der Waals surface area contributed by atoms with Gasteiger partial charge in [0.1, 0.15) is 0 Å². The zero-order chi connectivity index (χ0) is 20.4. The average molecular weight is 397 g/mol. The maximum Gasteiger partial charge on any atom is 0.240 e. The molecule has 1 aromatic heterocycles. The summed E-state index contributed by atoms with van der Waals surface area (Å²) in [6, 6.07) is 8.79. The Morgan fingerprint density at radius 1 is 1.24 bits per heavy atom. The number of rotatable bonds is 7. The van der Waals surface area contributed by atoms with Gasteiger partial charge in [-0.25, -0.2) is 0 Å². The summed E-state index contributed by atoms with van der Waals surface area (Å²) in [6.45, 7) is 7.29. The predicted octanol–water partition coefficient (Wildman–Crippen LogP) is 3.54. The molecule has 1 amide bonds. The van der Waals surface area contributed by atoms with Crippen LogP contribution in [0.4, 0.5) is 0 Å². The summed E-state index contributed by atoms with van der Waals surface area (Å²) in [5.74, 6) is 2.14. The van der Waals surface area contributed by atoms with Gasteiger partial charge in [-0.1, -0.05) is 47.8 Å². The third kappa shape index (κ3) is 4.08. The van der Waals surface area contributed by atoms with E-state index in [-0.39, 0.29) is 11.3 Å². The highest BCUT2D eigenvalue weighted by atomic mass is 16.5. The first-order chi connectivity index (χ1) is 14.0. The summed E-state index contributed by atoms with van der Waals surface area (Å²) in [4.78, 5) is 20.9. The van der Waals surface area contributed by atoms with Crippen molar-refractivity contribution in [3.8, 4) is 0 Å². The zero-order valence-electron chi connectivity index (χ0n) is 17.9. The van der Waals surface area contributed by atoms with Gasteiger partial charge in [0.15, 0.2) is 5.82 Å². The summed E-state index contributed by atoms with van der Waals surface area (Å²) in [6.07, 6.45) is 5.18. The van der Waals surface area contributed by atoms with E-state index in [1.807, 2.05) is 11.8 Å². The summed E-state index contributed by atoms with van der Waals surface area (Å²) in [5.41, 5.74) is 2.45. The van der Waals surface area contributed by atoms with Crippen molar-refractivity contribution in [3.05, 3.63) is 47.1 Å². The van der Waals surface area contributed by atoms with Crippen molar-refractivity contribution < 1.29 is 9.32 Å². The number of benzene rings is 1. The van der Waals surface area contributed by atoms with E-state index in [4.69, 9.17) is 9.51 Å². The van der Waals surface area contributed by atoms with E-state index in [9.17, 15) is 4.79 Å². The molecule has 2 aromatic rings. The van der Waals surface area contributed by atoms with Crippen LogP contribution < -0.4 is 0 Å². The third-order valence-electron chi connectivity index (χ3n) is 6.61. The Kier molecular flexibility index (Phi) is 5.72. The van der Waals surface area contributed by atoms with E-state index >= 15 is 0 Å². The number of amides is 1. The lowest BCUT2D eigenvalue weighted by molar-refractivity contribution is -0.127. The number of carbonyl (C=O) groups is 1. The molecule has 6 nitrogen and oxygen atoms in total. The molecule has 0 N–H and O–H groups in total. The fraction of sp³-hybridized carbons (Fsp3) is 0.609. The topological polar surface area (TPSA) is 62.5 Å². The summed E-state index contributed by atoms with van der Waals surface area (Å²) < 4.78 is 5.67. The molecule has 0 spiro atoms. The Hall–Kier alpha value is -2.21. The molecule has 29 heavy (non-hydrogen) atoms. The number of carbonyl (C=O) groups excluding carboxylic acids is 1. The maximum atomic E-state index is 12.0. The molecule has 0 unspecified atom stereocenters. The van der Waals surface area contributed by atoms with Crippen molar-refractivity contribution in [3.63, 3.8) is 0 Å². The highest BCUT2D eigenvalue weighted by Gasteiger charge is 2.41. The molecule has 1 saturated heterocycles. The molecule has 156 valence electrons. The van der Waals surface area contributed by atoms with E-state index in [0.29, 0.717) is 24.8 Å². The van der Waals surface area contributed by atoms with Crippen LogP contribution in [0.15, 0.2) is 28.8 Å². The highest BCUT2D eigenvalue weighted by molar-refractivity contribution is 5.78. The van der Waals surface area contributed by atoms with Gasteiger partial charge in [-0.3, -0.25) is 9.69 Å². The molecular weight excluding hydrogens is 364 g/mol. The van der Waals surface area contributed by atoms with Crippen molar-refractivity contribution in [1.82, 2.24) is 19.9 Å². The first-order valence-electron chi connectivity index (χ1n) is 10.9. The van der Waals surface area contributed by atoms with Crippen LogP contribution in [0.1, 0.15) is 61.9 Å². The number of likely N-dealkylation sites (tertiary alicyclic amines) is 1. The lowest BCUT2D eigenvalue weighted by Gasteiger charge is -2.26. The van der Waals surface area contributed by atoms with Gasteiger partial charge in [0.2, 0.25) is 11.8 Å². The van der Waals surface area contributed by atoms with Crippen molar-refractivity contribution in [2.45, 2.75) is 57.9 Å². The lowest BCUT2D eigenvalue weighted by Crippen LogP contribution is -2.29. The van der Waals surface area contributed by atoms with E-state index in [2.05, 4.69) is 48.3 Å². The minimum absolute atomic E-state index is 0.118. The Labute approximate surface area is 173 Å². The van der Waals surface area contributed by atoms with Crippen molar-refractivity contribution in [2.75, 3.05) is 26.7 Å². The molecule has 1 aromatic carbocycles. The monoisotopic (exact) mass is 396 g/mol. The van der Waals surface area contributed by atoms with Crippen LogP contribution in [0, 0.1) is 12.8 Å². The molecule has 2 aliphatic rings. The molecule has 6 heteroatoms. The largest absolute Gasteiger partial charge is 0.343 e. The third-order valence-corrected chi connectivity index (χ3v) is 6.61. The number of hydrogen-bond acceptors (Lipinski definition) is 5. The van der Waals surface area contributed by atoms with Crippen molar-refractivity contribution in [1.29, 1.82) is 0 Å².